The van der Waals surface area contributed by atoms with Gasteiger partial charge >= 0.3 is 0 Å². The summed E-state index contributed by atoms with van der Waals surface area (Å²) < 4.78 is 5.68. The summed E-state index contributed by atoms with van der Waals surface area (Å²) in [5.74, 6) is 0.725. The molecule has 3 rings (SSSR count). The molecule has 1 atom stereocenters. The SMILES string of the molecule is Cc1cc(CC2COCCN(C(=O)c3ccnc(C)n3)C2)ncn1. The lowest BCUT2D eigenvalue weighted by molar-refractivity contribution is 0.0731. The first-order valence-corrected chi connectivity index (χ1v) is 8.06. The zero-order valence-corrected chi connectivity index (χ0v) is 14.0. The highest BCUT2D eigenvalue weighted by atomic mass is 16.5. The summed E-state index contributed by atoms with van der Waals surface area (Å²) in [5, 5.41) is 0. The van der Waals surface area contributed by atoms with E-state index in [2.05, 4.69) is 19.9 Å². The minimum absolute atomic E-state index is 0.0742. The van der Waals surface area contributed by atoms with Crippen molar-refractivity contribution in [2.45, 2.75) is 20.3 Å². The molecule has 0 aromatic carbocycles. The van der Waals surface area contributed by atoms with E-state index in [9.17, 15) is 4.79 Å². The highest BCUT2D eigenvalue weighted by Crippen LogP contribution is 2.15. The van der Waals surface area contributed by atoms with Gasteiger partial charge in [0.2, 0.25) is 0 Å². The summed E-state index contributed by atoms with van der Waals surface area (Å²) in [4.78, 5) is 31.2. The van der Waals surface area contributed by atoms with Crippen molar-refractivity contribution in [2.24, 2.45) is 5.92 Å². The number of hydrogen-bond donors (Lipinski definition) is 0. The van der Waals surface area contributed by atoms with E-state index in [1.165, 1.54) is 0 Å². The van der Waals surface area contributed by atoms with Crippen LogP contribution in [0.3, 0.4) is 0 Å². The summed E-state index contributed by atoms with van der Waals surface area (Å²) in [6.45, 7) is 6.08. The molecule has 0 aliphatic carbocycles. The van der Waals surface area contributed by atoms with Crippen molar-refractivity contribution in [3.63, 3.8) is 0 Å². The van der Waals surface area contributed by atoms with E-state index < -0.39 is 0 Å². The highest BCUT2D eigenvalue weighted by Gasteiger charge is 2.24. The number of nitrogens with zero attached hydrogens (tertiary/aromatic N) is 5. The molecule has 1 saturated heterocycles. The van der Waals surface area contributed by atoms with Gasteiger partial charge in [-0.3, -0.25) is 4.79 Å². The molecule has 0 N–H and O–H groups in total. The average Bonchev–Trinajstić information content (AvgIpc) is 2.80. The summed E-state index contributed by atoms with van der Waals surface area (Å²) in [5.41, 5.74) is 2.35. The van der Waals surface area contributed by atoms with Crippen molar-refractivity contribution < 1.29 is 9.53 Å². The lowest BCUT2D eigenvalue weighted by Crippen LogP contribution is -2.37. The monoisotopic (exact) mass is 327 g/mol. The fourth-order valence-corrected chi connectivity index (χ4v) is 2.84. The first-order chi connectivity index (χ1) is 11.6. The molecule has 2 aromatic heterocycles. The van der Waals surface area contributed by atoms with Crippen molar-refractivity contribution in [1.29, 1.82) is 0 Å². The quantitative estimate of drug-likeness (QED) is 0.843. The summed E-state index contributed by atoms with van der Waals surface area (Å²) in [6, 6.07) is 3.63. The molecular weight excluding hydrogens is 306 g/mol. The normalized spacial score (nSPS) is 18.2. The number of hydrogen-bond acceptors (Lipinski definition) is 6. The van der Waals surface area contributed by atoms with Crippen LogP contribution in [0.2, 0.25) is 0 Å². The molecule has 1 amide bonds. The number of ether oxygens (including phenoxy) is 1. The third kappa shape index (κ3) is 4.11. The molecule has 0 radical (unpaired) electrons. The standard InChI is InChI=1S/C17H21N5O2/c1-12-7-15(20-11-19-12)8-14-9-22(5-6-24-10-14)17(23)16-3-4-18-13(2)21-16/h3-4,7,11,14H,5-6,8-10H2,1-2H3. The van der Waals surface area contributed by atoms with Crippen LogP contribution in [-0.2, 0) is 11.2 Å². The van der Waals surface area contributed by atoms with Crippen LogP contribution in [0.1, 0.15) is 27.7 Å². The Morgan fingerprint density at radius 2 is 2.21 bits per heavy atom. The van der Waals surface area contributed by atoms with Gasteiger partial charge in [-0.05, 0) is 32.4 Å². The Morgan fingerprint density at radius 1 is 1.33 bits per heavy atom. The highest BCUT2D eigenvalue weighted by molar-refractivity contribution is 5.92. The first-order valence-electron chi connectivity index (χ1n) is 8.06. The Labute approximate surface area is 141 Å². The smallest absolute Gasteiger partial charge is 0.272 e. The third-order valence-electron chi connectivity index (χ3n) is 3.98. The number of carbonyl (C=O) groups is 1. The van der Waals surface area contributed by atoms with Crippen molar-refractivity contribution in [1.82, 2.24) is 24.8 Å². The number of amides is 1. The molecule has 1 aliphatic heterocycles. The molecule has 7 nitrogen and oxygen atoms in total. The molecule has 2 aromatic rings. The van der Waals surface area contributed by atoms with E-state index in [0.717, 1.165) is 17.8 Å². The zero-order valence-electron chi connectivity index (χ0n) is 14.0. The number of aryl methyl sites for hydroxylation is 2. The predicted octanol–water partition coefficient (Wildman–Crippen LogP) is 1.21. The topological polar surface area (TPSA) is 81.1 Å². The minimum atomic E-state index is -0.0742. The maximum Gasteiger partial charge on any atom is 0.272 e. The maximum atomic E-state index is 12.7. The van der Waals surface area contributed by atoms with Gasteiger partial charge in [-0.2, -0.15) is 0 Å². The van der Waals surface area contributed by atoms with Gasteiger partial charge in [0.25, 0.3) is 5.91 Å². The largest absolute Gasteiger partial charge is 0.379 e. The maximum absolute atomic E-state index is 12.7. The molecule has 1 fully saturated rings. The van der Waals surface area contributed by atoms with Crippen molar-refractivity contribution in [3.8, 4) is 0 Å². The van der Waals surface area contributed by atoms with E-state index in [1.54, 1.807) is 25.5 Å². The van der Waals surface area contributed by atoms with Gasteiger partial charge in [-0.1, -0.05) is 0 Å². The Bertz CT molecular complexity index is 722. The summed E-state index contributed by atoms with van der Waals surface area (Å²) >= 11 is 0. The van der Waals surface area contributed by atoms with E-state index >= 15 is 0 Å². The zero-order chi connectivity index (χ0) is 16.9. The van der Waals surface area contributed by atoms with Gasteiger partial charge in [0.1, 0.15) is 17.8 Å². The second-order valence-electron chi connectivity index (χ2n) is 6.04. The van der Waals surface area contributed by atoms with Gasteiger partial charge in [-0.15, -0.1) is 0 Å². The van der Waals surface area contributed by atoms with Crippen LogP contribution in [0.4, 0.5) is 0 Å². The van der Waals surface area contributed by atoms with Gasteiger partial charge in [0, 0.05) is 36.6 Å². The molecule has 126 valence electrons. The van der Waals surface area contributed by atoms with E-state index in [4.69, 9.17) is 4.74 Å². The molecule has 1 aliphatic rings. The molecule has 3 heterocycles. The molecule has 1 unspecified atom stereocenters. The molecular formula is C17H21N5O2. The van der Waals surface area contributed by atoms with Crippen LogP contribution in [-0.4, -0.2) is 57.0 Å². The lowest BCUT2D eigenvalue weighted by atomic mass is 10.0. The first kappa shape index (κ1) is 16.4. The Hall–Kier alpha value is -2.41. The van der Waals surface area contributed by atoms with E-state index in [-0.39, 0.29) is 11.8 Å². The number of carbonyl (C=O) groups excluding carboxylic acids is 1. The van der Waals surface area contributed by atoms with Crippen LogP contribution >= 0.6 is 0 Å². The van der Waals surface area contributed by atoms with Crippen molar-refractivity contribution >= 4 is 5.91 Å². The lowest BCUT2D eigenvalue weighted by Gasteiger charge is -2.23. The van der Waals surface area contributed by atoms with Crippen molar-refractivity contribution in [3.05, 3.63) is 47.6 Å². The Morgan fingerprint density at radius 3 is 3.00 bits per heavy atom. The van der Waals surface area contributed by atoms with Crippen LogP contribution in [0.25, 0.3) is 0 Å². The van der Waals surface area contributed by atoms with Gasteiger partial charge in [0.05, 0.1) is 13.2 Å². The Kier molecular flexibility index (Phi) is 5.10. The second-order valence-corrected chi connectivity index (χ2v) is 6.04. The molecule has 0 bridgehead atoms. The summed E-state index contributed by atoms with van der Waals surface area (Å²) in [6.07, 6.45) is 3.95. The van der Waals surface area contributed by atoms with Crippen LogP contribution in [0, 0.1) is 19.8 Å². The second kappa shape index (κ2) is 7.44. The molecule has 0 saturated carbocycles. The number of rotatable bonds is 3. The van der Waals surface area contributed by atoms with E-state index in [0.29, 0.717) is 37.8 Å². The van der Waals surface area contributed by atoms with Crippen LogP contribution < -0.4 is 0 Å². The van der Waals surface area contributed by atoms with E-state index in [1.807, 2.05) is 17.9 Å². The van der Waals surface area contributed by atoms with Crippen molar-refractivity contribution in [2.75, 3.05) is 26.3 Å². The minimum Gasteiger partial charge on any atom is -0.379 e. The molecule has 0 spiro atoms. The fourth-order valence-electron chi connectivity index (χ4n) is 2.84. The number of aromatic nitrogens is 4. The van der Waals surface area contributed by atoms with Gasteiger partial charge in [-0.25, -0.2) is 19.9 Å². The average molecular weight is 327 g/mol. The Balaban J connectivity index is 1.71. The van der Waals surface area contributed by atoms with Gasteiger partial charge < -0.3 is 9.64 Å². The molecule has 24 heavy (non-hydrogen) atoms. The summed E-state index contributed by atoms with van der Waals surface area (Å²) in [7, 11) is 0. The molecule has 7 heteroatoms. The van der Waals surface area contributed by atoms with Crippen LogP contribution in [0.15, 0.2) is 24.7 Å². The van der Waals surface area contributed by atoms with Gasteiger partial charge in [0.15, 0.2) is 0 Å². The van der Waals surface area contributed by atoms with Crippen LogP contribution in [0.5, 0.6) is 0 Å². The fraction of sp³-hybridized carbons (Fsp3) is 0.471. The third-order valence-corrected chi connectivity index (χ3v) is 3.98. The predicted molar refractivity (Wildman–Crippen MR) is 87.5 cm³/mol.